The van der Waals surface area contributed by atoms with Crippen LogP contribution in [0.5, 0.6) is 5.75 Å². The number of rotatable bonds is 17. The van der Waals surface area contributed by atoms with Crippen LogP contribution in [-0.2, 0) is 27.2 Å². The Kier molecular flexibility index (Phi) is 14.5. The lowest BCUT2D eigenvalue weighted by molar-refractivity contribution is -0.134. The van der Waals surface area contributed by atoms with E-state index in [9.17, 15) is 18.8 Å². The molecule has 0 spiro atoms. The molecule has 8 nitrogen and oxygen atoms in total. The van der Waals surface area contributed by atoms with Gasteiger partial charge in [0.2, 0.25) is 17.7 Å². The summed E-state index contributed by atoms with van der Waals surface area (Å²) in [6, 6.07) is 12.4. The summed E-state index contributed by atoms with van der Waals surface area (Å²) in [4.78, 5) is 39.3. The second kappa shape index (κ2) is 17.5. The Morgan fingerprint density at radius 2 is 1.55 bits per heavy atom. The maximum absolute atomic E-state index is 13.6. The second-order valence-corrected chi connectivity index (χ2v) is 12.0. The predicted octanol–water partition coefficient (Wildman–Crippen LogP) is 3.88. The third-order valence-corrected chi connectivity index (χ3v) is 6.90. The van der Waals surface area contributed by atoms with E-state index in [4.69, 9.17) is 4.74 Å². The van der Waals surface area contributed by atoms with Crippen LogP contribution in [0.2, 0.25) is 0 Å². The van der Waals surface area contributed by atoms with Gasteiger partial charge in [0.15, 0.2) is 0 Å². The van der Waals surface area contributed by atoms with Crippen molar-refractivity contribution in [1.82, 2.24) is 21.3 Å². The van der Waals surface area contributed by atoms with E-state index in [0.29, 0.717) is 31.1 Å². The van der Waals surface area contributed by atoms with E-state index >= 15 is 0 Å². The summed E-state index contributed by atoms with van der Waals surface area (Å²) in [5, 5.41) is 11.6. The highest BCUT2D eigenvalue weighted by Crippen LogP contribution is 2.22. The standard InChI is InChI=1S/C33H49FN4O4/c1-21(2)20-42-29-14-9-8-12-26(29)15-23(5)18-36-32(40)28(19-35-7)37-33(41)30(22(3)4)38-31(39)24(6)16-25-11-10-13-27(34)17-25/h8-14,17,21-24,28,30,35H,15-16,18-20H2,1-7H3,(H,36,40)(H,37,41)(H,38,39)/t23-,24+,28-,30+/m0/s1. The molecule has 2 aromatic carbocycles. The molecule has 232 valence electrons. The molecule has 0 aliphatic heterocycles. The summed E-state index contributed by atoms with van der Waals surface area (Å²) in [7, 11) is 1.71. The van der Waals surface area contributed by atoms with Crippen LogP contribution in [0.15, 0.2) is 48.5 Å². The van der Waals surface area contributed by atoms with Crippen LogP contribution in [0, 0.1) is 29.5 Å². The van der Waals surface area contributed by atoms with E-state index in [0.717, 1.165) is 17.7 Å². The van der Waals surface area contributed by atoms with Crippen LogP contribution < -0.4 is 26.0 Å². The van der Waals surface area contributed by atoms with E-state index in [1.807, 2.05) is 38.1 Å². The molecule has 4 N–H and O–H groups in total. The zero-order valence-corrected chi connectivity index (χ0v) is 26.1. The van der Waals surface area contributed by atoms with Gasteiger partial charge in [0.25, 0.3) is 0 Å². The number of hydrogen-bond donors (Lipinski definition) is 4. The molecular formula is C33H49FN4O4. The Morgan fingerprint density at radius 1 is 0.833 bits per heavy atom. The number of likely N-dealkylation sites (N-methyl/N-ethyl adjacent to an activating group) is 1. The maximum Gasteiger partial charge on any atom is 0.243 e. The highest BCUT2D eigenvalue weighted by Gasteiger charge is 2.30. The van der Waals surface area contributed by atoms with Crippen molar-refractivity contribution in [2.45, 2.75) is 66.5 Å². The topological polar surface area (TPSA) is 109 Å². The zero-order chi connectivity index (χ0) is 31.2. The first-order valence-electron chi connectivity index (χ1n) is 14.9. The zero-order valence-electron chi connectivity index (χ0n) is 26.1. The third-order valence-electron chi connectivity index (χ3n) is 6.90. The monoisotopic (exact) mass is 584 g/mol. The molecule has 42 heavy (non-hydrogen) atoms. The van der Waals surface area contributed by atoms with Crippen LogP contribution in [-0.4, -0.2) is 56.5 Å². The van der Waals surface area contributed by atoms with Gasteiger partial charge < -0.3 is 26.0 Å². The molecule has 0 saturated heterocycles. The van der Waals surface area contributed by atoms with E-state index < -0.39 is 23.9 Å². The highest BCUT2D eigenvalue weighted by atomic mass is 19.1. The lowest BCUT2D eigenvalue weighted by Crippen LogP contribution is -2.58. The third kappa shape index (κ3) is 11.8. The van der Waals surface area contributed by atoms with E-state index in [2.05, 4.69) is 42.0 Å². The summed E-state index contributed by atoms with van der Waals surface area (Å²) < 4.78 is 19.5. The fourth-order valence-corrected chi connectivity index (χ4v) is 4.53. The van der Waals surface area contributed by atoms with E-state index in [1.165, 1.54) is 12.1 Å². The van der Waals surface area contributed by atoms with Crippen LogP contribution in [0.1, 0.15) is 52.7 Å². The average Bonchev–Trinajstić information content (AvgIpc) is 2.93. The molecular weight excluding hydrogens is 535 g/mol. The van der Waals surface area contributed by atoms with Crippen molar-refractivity contribution in [3.05, 3.63) is 65.5 Å². The molecule has 9 heteroatoms. The van der Waals surface area contributed by atoms with Crippen molar-refractivity contribution in [2.75, 3.05) is 26.7 Å². The summed E-state index contributed by atoms with van der Waals surface area (Å²) >= 11 is 0. The van der Waals surface area contributed by atoms with Crippen molar-refractivity contribution in [3.63, 3.8) is 0 Å². The normalized spacial score (nSPS) is 14.1. The summed E-state index contributed by atoms with van der Waals surface area (Å²) in [6.45, 7) is 13.0. The lowest BCUT2D eigenvalue weighted by atomic mass is 9.97. The minimum Gasteiger partial charge on any atom is -0.493 e. The smallest absolute Gasteiger partial charge is 0.243 e. The molecule has 0 fully saturated rings. The molecule has 0 unspecified atom stereocenters. The second-order valence-electron chi connectivity index (χ2n) is 12.0. The van der Waals surface area contributed by atoms with Crippen molar-refractivity contribution in [3.8, 4) is 5.75 Å². The molecule has 2 aromatic rings. The van der Waals surface area contributed by atoms with Gasteiger partial charge in [0, 0.05) is 19.0 Å². The van der Waals surface area contributed by atoms with Gasteiger partial charge in [-0.05, 0) is 67.0 Å². The van der Waals surface area contributed by atoms with Gasteiger partial charge in [0.05, 0.1) is 6.61 Å². The van der Waals surface area contributed by atoms with Crippen LogP contribution >= 0.6 is 0 Å². The van der Waals surface area contributed by atoms with E-state index in [1.54, 1.807) is 26.1 Å². The van der Waals surface area contributed by atoms with Crippen molar-refractivity contribution in [2.24, 2.45) is 23.7 Å². The first-order chi connectivity index (χ1) is 19.9. The minimum atomic E-state index is -0.833. The molecule has 0 saturated carbocycles. The SMILES string of the molecule is CNC[C@H](NC(=O)[C@H](NC(=O)[C@H](C)Cc1cccc(F)c1)C(C)C)C(=O)NC[C@@H](C)Cc1ccccc1OCC(C)C. The highest BCUT2D eigenvalue weighted by molar-refractivity contribution is 5.92. The van der Waals surface area contributed by atoms with E-state index in [-0.39, 0.29) is 36.0 Å². The Balaban J connectivity index is 1.96. The van der Waals surface area contributed by atoms with Crippen LogP contribution in [0.3, 0.4) is 0 Å². The quantitative estimate of drug-likeness (QED) is 0.226. The van der Waals surface area contributed by atoms with Gasteiger partial charge in [-0.15, -0.1) is 0 Å². The fourth-order valence-electron chi connectivity index (χ4n) is 4.53. The molecule has 2 rings (SSSR count). The molecule has 4 atom stereocenters. The van der Waals surface area contributed by atoms with Gasteiger partial charge in [0.1, 0.15) is 23.7 Å². The van der Waals surface area contributed by atoms with Crippen molar-refractivity contribution >= 4 is 17.7 Å². The Morgan fingerprint density at radius 3 is 2.19 bits per heavy atom. The molecule has 0 aliphatic carbocycles. The van der Waals surface area contributed by atoms with Gasteiger partial charge >= 0.3 is 0 Å². The van der Waals surface area contributed by atoms with Gasteiger partial charge in [-0.1, -0.05) is 71.9 Å². The molecule has 0 aromatic heterocycles. The van der Waals surface area contributed by atoms with Gasteiger partial charge in [-0.25, -0.2) is 4.39 Å². The number of benzene rings is 2. The first-order valence-corrected chi connectivity index (χ1v) is 14.9. The van der Waals surface area contributed by atoms with Crippen molar-refractivity contribution < 1.29 is 23.5 Å². The maximum atomic E-state index is 13.6. The minimum absolute atomic E-state index is 0.131. The van der Waals surface area contributed by atoms with Crippen molar-refractivity contribution in [1.29, 1.82) is 0 Å². The average molecular weight is 585 g/mol. The largest absolute Gasteiger partial charge is 0.493 e. The number of carbonyl (C=O) groups excluding carboxylic acids is 3. The lowest BCUT2D eigenvalue weighted by Gasteiger charge is -2.26. The summed E-state index contributed by atoms with van der Waals surface area (Å²) in [5.41, 5.74) is 1.79. The number of carbonyl (C=O) groups is 3. The predicted molar refractivity (Wildman–Crippen MR) is 165 cm³/mol. The number of halogens is 1. The number of hydrogen-bond acceptors (Lipinski definition) is 5. The fraction of sp³-hybridized carbons (Fsp3) is 0.545. The Bertz CT molecular complexity index is 1160. The van der Waals surface area contributed by atoms with Gasteiger partial charge in [-0.2, -0.15) is 0 Å². The molecule has 0 radical (unpaired) electrons. The number of nitrogens with one attached hydrogen (secondary N) is 4. The number of para-hydroxylation sites is 1. The molecule has 0 aliphatic rings. The summed E-state index contributed by atoms with van der Waals surface area (Å²) in [6.07, 6.45) is 1.07. The number of amides is 3. The van der Waals surface area contributed by atoms with Gasteiger partial charge in [-0.3, -0.25) is 14.4 Å². The number of ether oxygens (including phenoxy) is 1. The van der Waals surface area contributed by atoms with Crippen LogP contribution in [0.4, 0.5) is 4.39 Å². The molecule has 0 heterocycles. The molecule has 3 amide bonds. The Labute approximate surface area is 250 Å². The van der Waals surface area contributed by atoms with Crippen LogP contribution in [0.25, 0.3) is 0 Å². The molecule has 0 bridgehead atoms. The first kappa shape index (κ1) is 34.7. The summed E-state index contributed by atoms with van der Waals surface area (Å²) in [5.74, 6) is -0.689. The Hall–Kier alpha value is -3.46.